The van der Waals surface area contributed by atoms with Crippen molar-refractivity contribution in [3.05, 3.63) is 16.5 Å². The van der Waals surface area contributed by atoms with Gasteiger partial charge in [-0.15, -0.1) is 0 Å². The lowest BCUT2D eigenvalue weighted by molar-refractivity contribution is -0.124. The van der Waals surface area contributed by atoms with Crippen LogP contribution in [0.4, 0.5) is 5.82 Å². The molecule has 1 aliphatic rings. The van der Waals surface area contributed by atoms with E-state index in [0.29, 0.717) is 37.2 Å². The Morgan fingerprint density at radius 3 is 2.95 bits per heavy atom. The molecule has 1 saturated heterocycles. The van der Waals surface area contributed by atoms with E-state index in [1.807, 2.05) is 18.7 Å². The highest BCUT2D eigenvalue weighted by atomic mass is 35.5. The van der Waals surface area contributed by atoms with Crippen LogP contribution in [0.3, 0.4) is 0 Å². The van der Waals surface area contributed by atoms with E-state index >= 15 is 0 Å². The molecule has 0 saturated carbocycles. The standard InChI is InChI=1S/C13H19ClN4O2/c1-4-10-16-11(14)8(2)12(17-10)18-5-6-20-7-9(18)13(19)15-3/h9H,4-7H2,1-3H3,(H,15,19). The molecule has 0 aliphatic carbocycles. The molecule has 7 heteroatoms. The normalized spacial score (nSPS) is 19.0. The molecule has 0 radical (unpaired) electrons. The van der Waals surface area contributed by atoms with Gasteiger partial charge in [-0.25, -0.2) is 9.97 Å². The molecular formula is C13H19ClN4O2. The van der Waals surface area contributed by atoms with E-state index in [4.69, 9.17) is 16.3 Å². The summed E-state index contributed by atoms with van der Waals surface area (Å²) in [6.07, 6.45) is 0.696. The Balaban J connectivity index is 2.41. The fourth-order valence-electron chi connectivity index (χ4n) is 2.20. The zero-order valence-corrected chi connectivity index (χ0v) is 12.7. The minimum Gasteiger partial charge on any atom is -0.377 e. The Labute approximate surface area is 123 Å². The molecule has 1 fully saturated rings. The van der Waals surface area contributed by atoms with Crippen LogP contribution in [0, 0.1) is 6.92 Å². The largest absolute Gasteiger partial charge is 0.377 e. The van der Waals surface area contributed by atoms with Crippen LogP contribution in [0.25, 0.3) is 0 Å². The minimum atomic E-state index is -0.386. The predicted molar refractivity (Wildman–Crippen MR) is 77.2 cm³/mol. The summed E-state index contributed by atoms with van der Waals surface area (Å²) in [5.41, 5.74) is 0.791. The predicted octanol–water partition coefficient (Wildman–Crippen LogP) is 0.952. The second-order valence-corrected chi connectivity index (χ2v) is 4.99. The van der Waals surface area contributed by atoms with Crippen LogP contribution in [-0.2, 0) is 16.0 Å². The van der Waals surface area contributed by atoms with Crippen LogP contribution in [-0.4, -0.2) is 48.7 Å². The smallest absolute Gasteiger partial charge is 0.244 e. The molecule has 1 amide bonds. The molecule has 1 N–H and O–H groups in total. The Bertz CT molecular complexity index is 509. The minimum absolute atomic E-state index is 0.0862. The summed E-state index contributed by atoms with van der Waals surface area (Å²) in [5, 5.41) is 3.10. The van der Waals surface area contributed by atoms with E-state index in [2.05, 4.69) is 15.3 Å². The summed E-state index contributed by atoms with van der Waals surface area (Å²) >= 11 is 6.17. The number of anilines is 1. The summed E-state index contributed by atoms with van der Waals surface area (Å²) < 4.78 is 5.40. The number of hydrogen-bond acceptors (Lipinski definition) is 5. The quantitative estimate of drug-likeness (QED) is 0.842. The van der Waals surface area contributed by atoms with Crippen LogP contribution in [0.5, 0.6) is 0 Å². The molecule has 1 atom stereocenters. The van der Waals surface area contributed by atoms with Crippen LogP contribution < -0.4 is 10.2 Å². The molecule has 110 valence electrons. The lowest BCUT2D eigenvalue weighted by atomic mass is 10.2. The summed E-state index contributed by atoms with van der Waals surface area (Å²) in [6, 6.07) is -0.386. The number of nitrogens with one attached hydrogen (secondary N) is 1. The van der Waals surface area contributed by atoms with Crippen molar-refractivity contribution < 1.29 is 9.53 Å². The third-order valence-corrected chi connectivity index (χ3v) is 3.74. The number of ether oxygens (including phenoxy) is 1. The van der Waals surface area contributed by atoms with Gasteiger partial charge in [0.1, 0.15) is 22.8 Å². The van der Waals surface area contributed by atoms with Crippen molar-refractivity contribution in [2.24, 2.45) is 0 Å². The monoisotopic (exact) mass is 298 g/mol. The van der Waals surface area contributed by atoms with Crippen molar-refractivity contribution in [2.45, 2.75) is 26.3 Å². The van der Waals surface area contributed by atoms with Gasteiger partial charge >= 0.3 is 0 Å². The van der Waals surface area contributed by atoms with Crippen LogP contribution in [0.2, 0.25) is 5.15 Å². The topological polar surface area (TPSA) is 67.4 Å². The summed E-state index contributed by atoms with van der Waals surface area (Å²) in [7, 11) is 1.62. The van der Waals surface area contributed by atoms with Gasteiger partial charge < -0.3 is 15.0 Å². The highest BCUT2D eigenvalue weighted by molar-refractivity contribution is 6.30. The van der Waals surface area contributed by atoms with Gasteiger partial charge in [-0.3, -0.25) is 4.79 Å². The first-order valence-corrected chi connectivity index (χ1v) is 7.05. The van der Waals surface area contributed by atoms with Crippen molar-refractivity contribution >= 4 is 23.3 Å². The van der Waals surface area contributed by atoms with E-state index in [1.54, 1.807) is 7.05 Å². The van der Waals surface area contributed by atoms with Crippen LogP contribution in [0.15, 0.2) is 0 Å². The molecule has 0 bridgehead atoms. The zero-order valence-electron chi connectivity index (χ0n) is 11.9. The molecular weight excluding hydrogens is 280 g/mol. The first kappa shape index (κ1) is 15.0. The molecule has 2 heterocycles. The zero-order chi connectivity index (χ0) is 14.7. The SMILES string of the molecule is CCc1nc(Cl)c(C)c(N2CCOCC2C(=O)NC)n1. The Morgan fingerprint density at radius 2 is 2.30 bits per heavy atom. The number of aryl methyl sites for hydroxylation is 1. The Kier molecular flexibility index (Phi) is 4.77. The van der Waals surface area contributed by atoms with Gasteiger partial charge in [0.15, 0.2) is 0 Å². The number of rotatable bonds is 3. The Hall–Kier alpha value is -1.40. The molecule has 20 heavy (non-hydrogen) atoms. The van der Waals surface area contributed by atoms with Gasteiger partial charge in [-0.1, -0.05) is 18.5 Å². The van der Waals surface area contributed by atoms with Gasteiger partial charge in [0.2, 0.25) is 5.91 Å². The molecule has 2 rings (SSSR count). The molecule has 1 aliphatic heterocycles. The van der Waals surface area contributed by atoms with Crippen LogP contribution in [0.1, 0.15) is 18.3 Å². The number of hydrogen-bond donors (Lipinski definition) is 1. The molecule has 1 aromatic rings. The van der Waals surface area contributed by atoms with Crippen molar-refractivity contribution in [2.75, 3.05) is 31.7 Å². The number of carbonyl (C=O) groups excluding carboxylic acids is 1. The number of aromatic nitrogens is 2. The lowest BCUT2D eigenvalue weighted by Gasteiger charge is -2.36. The second kappa shape index (κ2) is 6.37. The van der Waals surface area contributed by atoms with E-state index in [-0.39, 0.29) is 11.9 Å². The van der Waals surface area contributed by atoms with E-state index in [9.17, 15) is 4.79 Å². The second-order valence-electron chi connectivity index (χ2n) is 4.63. The third-order valence-electron chi connectivity index (χ3n) is 3.37. The maximum atomic E-state index is 12.0. The Morgan fingerprint density at radius 1 is 1.55 bits per heavy atom. The van der Waals surface area contributed by atoms with Gasteiger partial charge in [0, 0.05) is 25.6 Å². The number of likely N-dealkylation sites (N-methyl/N-ethyl adjacent to an activating group) is 1. The molecule has 6 nitrogen and oxygen atoms in total. The van der Waals surface area contributed by atoms with Crippen molar-refractivity contribution in [1.29, 1.82) is 0 Å². The van der Waals surface area contributed by atoms with Crippen molar-refractivity contribution in [3.63, 3.8) is 0 Å². The van der Waals surface area contributed by atoms with Gasteiger partial charge in [0.05, 0.1) is 13.2 Å². The van der Waals surface area contributed by atoms with E-state index < -0.39 is 0 Å². The summed E-state index contributed by atoms with van der Waals surface area (Å²) in [4.78, 5) is 22.7. The molecule has 1 unspecified atom stereocenters. The van der Waals surface area contributed by atoms with Gasteiger partial charge in [0.25, 0.3) is 0 Å². The summed E-state index contributed by atoms with van der Waals surface area (Å²) in [5.74, 6) is 1.31. The maximum absolute atomic E-state index is 12.0. The summed E-state index contributed by atoms with van der Waals surface area (Å²) in [6.45, 7) is 5.36. The number of morpholine rings is 1. The van der Waals surface area contributed by atoms with Gasteiger partial charge in [-0.05, 0) is 6.92 Å². The average Bonchev–Trinajstić information content (AvgIpc) is 2.49. The highest BCUT2D eigenvalue weighted by Crippen LogP contribution is 2.26. The van der Waals surface area contributed by atoms with E-state index in [0.717, 1.165) is 11.4 Å². The number of nitrogens with zero attached hydrogens (tertiary/aromatic N) is 3. The fraction of sp³-hybridized carbons (Fsp3) is 0.615. The molecule has 1 aromatic heterocycles. The van der Waals surface area contributed by atoms with E-state index in [1.165, 1.54) is 0 Å². The average molecular weight is 299 g/mol. The van der Waals surface area contributed by atoms with Gasteiger partial charge in [-0.2, -0.15) is 0 Å². The number of halogens is 1. The van der Waals surface area contributed by atoms with Crippen molar-refractivity contribution in [1.82, 2.24) is 15.3 Å². The number of amides is 1. The first-order chi connectivity index (χ1) is 9.58. The number of carbonyl (C=O) groups is 1. The van der Waals surface area contributed by atoms with Crippen molar-refractivity contribution in [3.8, 4) is 0 Å². The van der Waals surface area contributed by atoms with Crippen LogP contribution >= 0.6 is 11.6 Å². The molecule has 0 aromatic carbocycles. The first-order valence-electron chi connectivity index (χ1n) is 6.67. The lowest BCUT2D eigenvalue weighted by Crippen LogP contribution is -2.54. The highest BCUT2D eigenvalue weighted by Gasteiger charge is 2.31. The fourth-order valence-corrected chi connectivity index (χ4v) is 2.38. The molecule has 0 spiro atoms. The third kappa shape index (κ3) is 2.86. The maximum Gasteiger partial charge on any atom is 0.244 e.